The molecule has 1 aromatic rings. The van der Waals surface area contributed by atoms with Gasteiger partial charge in [0.05, 0.1) is 29.3 Å². The number of hydrogen-bond acceptors (Lipinski definition) is 6. The number of hydrogen-bond donors (Lipinski definition) is 1. The van der Waals surface area contributed by atoms with Crippen molar-refractivity contribution >= 4 is 57.3 Å². The van der Waals surface area contributed by atoms with Gasteiger partial charge in [0, 0.05) is 12.7 Å². The van der Waals surface area contributed by atoms with Crippen molar-refractivity contribution in [2.75, 3.05) is 31.7 Å². The number of thioether (sulfide) groups is 1. The van der Waals surface area contributed by atoms with Crippen LogP contribution in [0.2, 0.25) is 0 Å². The fraction of sp³-hybridized carbons (Fsp3) is 0.250. The molecule has 0 atom stereocenters. The first kappa shape index (κ1) is 17.6. The summed E-state index contributed by atoms with van der Waals surface area (Å²) < 4.78 is 5.37. The van der Waals surface area contributed by atoms with Crippen LogP contribution >= 0.6 is 24.0 Å². The highest BCUT2D eigenvalue weighted by atomic mass is 32.2. The van der Waals surface area contributed by atoms with Gasteiger partial charge in [-0.15, -0.1) is 0 Å². The molecule has 2 N–H and O–H groups in total. The molecule has 130 valence electrons. The van der Waals surface area contributed by atoms with Crippen molar-refractivity contribution in [3.63, 3.8) is 0 Å². The second-order valence-electron chi connectivity index (χ2n) is 5.40. The molecule has 3 amide bonds. The highest BCUT2D eigenvalue weighted by Crippen LogP contribution is 2.44. The quantitative estimate of drug-likeness (QED) is 0.601. The van der Waals surface area contributed by atoms with E-state index in [0.29, 0.717) is 28.7 Å². The van der Waals surface area contributed by atoms with Crippen LogP contribution in [0.15, 0.2) is 29.2 Å². The van der Waals surface area contributed by atoms with Crippen molar-refractivity contribution < 1.29 is 19.1 Å². The summed E-state index contributed by atoms with van der Waals surface area (Å²) in [5.41, 5.74) is 6.67. The first-order valence-corrected chi connectivity index (χ1v) is 8.64. The summed E-state index contributed by atoms with van der Waals surface area (Å²) in [6.45, 7) is 0.412. The van der Waals surface area contributed by atoms with Gasteiger partial charge in [0.25, 0.3) is 11.8 Å². The Morgan fingerprint density at radius 1 is 1.24 bits per heavy atom. The largest absolute Gasteiger partial charge is 0.383 e. The van der Waals surface area contributed by atoms with Gasteiger partial charge in [-0.1, -0.05) is 42.2 Å². The number of rotatable bonds is 5. The Bertz CT molecular complexity index is 821. The van der Waals surface area contributed by atoms with Gasteiger partial charge >= 0.3 is 0 Å². The van der Waals surface area contributed by atoms with Crippen molar-refractivity contribution in [2.45, 2.75) is 0 Å². The molecule has 7 nitrogen and oxygen atoms in total. The number of benzene rings is 1. The standard InChI is InChI=1S/C16H15N3O4S2/c1-23-7-6-18-15(22)13(25-16(18)24)12-9-4-2-3-5-10(9)19(14(12)21)8-11(17)20/h2-5H,6-8H2,1H3,(H2,17,20)/b13-12-. The van der Waals surface area contributed by atoms with Crippen LogP contribution in [0.3, 0.4) is 0 Å². The van der Waals surface area contributed by atoms with Crippen molar-refractivity contribution in [1.29, 1.82) is 0 Å². The SMILES string of the molecule is COCCN1C(=O)/C(=C2/C(=O)N(CC(N)=O)c3ccccc32)SC1=S. The average molecular weight is 377 g/mol. The smallest absolute Gasteiger partial charge is 0.267 e. The molecule has 0 spiro atoms. The molecule has 0 aliphatic carbocycles. The lowest BCUT2D eigenvalue weighted by atomic mass is 10.1. The van der Waals surface area contributed by atoms with Gasteiger partial charge in [0.15, 0.2) is 0 Å². The second kappa shape index (κ2) is 6.95. The average Bonchev–Trinajstić information content (AvgIpc) is 3.00. The van der Waals surface area contributed by atoms with Gasteiger partial charge in [-0.25, -0.2) is 0 Å². The molecule has 3 rings (SSSR count). The molecule has 1 fully saturated rings. The van der Waals surface area contributed by atoms with E-state index in [4.69, 9.17) is 22.7 Å². The maximum Gasteiger partial charge on any atom is 0.267 e. The lowest BCUT2D eigenvalue weighted by Gasteiger charge is -2.14. The van der Waals surface area contributed by atoms with E-state index in [0.717, 1.165) is 11.8 Å². The molecule has 1 saturated heterocycles. The van der Waals surface area contributed by atoms with Gasteiger partial charge in [-0.2, -0.15) is 0 Å². The third-order valence-corrected chi connectivity index (χ3v) is 5.28. The number of primary amides is 1. The minimum Gasteiger partial charge on any atom is -0.383 e. The van der Waals surface area contributed by atoms with E-state index in [1.54, 1.807) is 24.3 Å². The Hall–Kier alpha value is -2.23. The molecule has 2 aliphatic rings. The van der Waals surface area contributed by atoms with Gasteiger partial charge in [-0.3, -0.25) is 24.2 Å². The number of fused-ring (bicyclic) bond motifs is 1. The zero-order valence-corrected chi connectivity index (χ0v) is 15.0. The number of amides is 3. The summed E-state index contributed by atoms with van der Waals surface area (Å²) in [6.07, 6.45) is 0. The number of ether oxygens (including phenoxy) is 1. The molecule has 0 bridgehead atoms. The van der Waals surface area contributed by atoms with Crippen LogP contribution < -0.4 is 10.6 Å². The summed E-state index contributed by atoms with van der Waals surface area (Å²) >= 11 is 6.35. The highest BCUT2D eigenvalue weighted by molar-refractivity contribution is 8.26. The molecule has 0 aromatic heterocycles. The molecule has 1 aromatic carbocycles. The van der Waals surface area contributed by atoms with E-state index in [9.17, 15) is 14.4 Å². The number of anilines is 1. The van der Waals surface area contributed by atoms with Crippen molar-refractivity contribution in [2.24, 2.45) is 5.73 Å². The molecule has 9 heteroatoms. The molecule has 25 heavy (non-hydrogen) atoms. The first-order chi connectivity index (χ1) is 12.0. The highest BCUT2D eigenvalue weighted by Gasteiger charge is 2.42. The normalized spacial score (nSPS) is 19.8. The van der Waals surface area contributed by atoms with E-state index < -0.39 is 11.8 Å². The molecule has 0 unspecified atom stereocenters. The van der Waals surface area contributed by atoms with E-state index in [1.807, 2.05) is 0 Å². The fourth-order valence-electron chi connectivity index (χ4n) is 2.74. The number of nitrogens with zero attached hydrogens (tertiary/aromatic N) is 2. The number of carbonyl (C=O) groups is 3. The van der Waals surface area contributed by atoms with E-state index in [-0.39, 0.29) is 22.9 Å². The molecule has 0 radical (unpaired) electrons. The molecule has 0 saturated carbocycles. The van der Waals surface area contributed by atoms with Gasteiger partial charge in [0.1, 0.15) is 10.9 Å². The van der Waals surface area contributed by atoms with Gasteiger partial charge < -0.3 is 10.5 Å². The van der Waals surface area contributed by atoms with Crippen LogP contribution in [0.1, 0.15) is 5.56 Å². The number of methoxy groups -OCH3 is 1. The lowest BCUT2D eigenvalue weighted by Crippen LogP contribution is -2.36. The monoisotopic (exact) mass is 377 g/mol. The van der Waals surface area contributed by atoms with Crippen LogP contribution in [0.4, 0.5) is 5.69 Å². The summed E-state index contributed by atoms with van der Waals surface area (Å²) in [7, 11) is 1.54. The molecular formula is C16H15N3O4S2. The maximum atomic E-state index is 12.9. The molecule has 2 aliphatic heterocycles. The predicted octanol–water partition coefficient (Wildman–Crippen LogP) is 0.736. The Morgan fingerprint density at radius 3 is 2.64 bits per heavy atom. The molecular weight excluding hydrogens is 362 g/mol. The van der Waals surface area contributed by atoms with E-state index in [2.05, 4.69) is 0 Å². The molecule has 2 heterocycles. The second-order valence-corrected chi connectivity index (χ2v) is 7.04. The fourth-order valence-corrected chi connectivity index (χ4v) is 4.12. The van der Waals surface area contributed by atoms with Gasteiger partial charge in [0.2, 0.25) is 5.91 Å². The summed E-state index contributed by atoms with van der Waals surface area (Å²) in [6, 6.07) is 6.98. The predicted molar refractivity (Wildman–Crippen MR) is 98.7 cm³/mol. The zero-order valence-electron chi connectivity index (χ0n) is 13.4. The topological polar surface area (TPSA) is 92.9 Å². The lowest BCUT2D eigenvalue weighted by molar-refractivity contribution is -0.122. The maximum absolute atomic E-state index is 12.9. The van der Waals surface area contributed by atoms with Crippen LogP contribution in [-0.4, -0.2) is 53.7 Å². The van der Waals surface area contributed by atoms with Crippen LogP contribution in [-0.2, 0) is 19.1 Å². The van der Waals surface area contributed by atoms with E-state index in [1.165, 1.54) is 16.9 Å². The summed E-state index contributed by atoms with van der Waals surface area (Å²) in [5, 5.41) is 0. The van der Waals surface area contributed by atoms with Gasteiger partial charge in [-0.05, 0) is 6.07 Å². The van der Waals surface area contributed by atoms with Crippen LogP contribution in [0, 0.1) is 0 Å². The minimum atomic E-state index is -0.628. The zero-order chi connectivity index (χ0) is 18.1. The Morgan fingerprint density at radius 2 is 1.96 bits per heavy atom. The van der Waals surface area contributed by atoms with E-state index >= 15 is 0 Å². The number of thiocarbonyl (C=S) groups is 1. The van der Waals surface area contributed by atoms with Crippen molar-refractivity contribution in [1.82, 2.24) is 4.90 Å². The Labute approximate surface area is 153 Å². The Balaban J connectivity index is 2.06. The van der Waals surface area contributed by atoms with Crippen LogP contribution in [0.5, 0.6) is 0 Å². The summed E-state index contributed by atoms with van der Waals surface area (Å²) in [4.78, 5) is 39.9. The Kier molecular flexibility index (Phi) is 4.89. The van der Waals surface area contributed by atoms with Crippen molar-refractivity contribution in [3.8, 4) is 0 Å². The number of para-hydroxylation sites is 1. The van der Waals surface area contributed by atoms with Crippen LogP contribution in [0.25, 0.3) is 5.57 Å². The summed E-state index contributed by atoms with van der Waals surface area (Å²) in [5.74, 6) is -1.38. The third kappa shape index (κ3) is 3.06. The minimum absolute atomic E-state index is 0.247. The number of nitrogens with two attached hydrogens (primary N) is 1. The number of carbonyl (C=O) groups excluding carboxylic acids is 3. The van der Waals surface area contributed by atoms with Crippen molar-refractivity contribution in [3.05, 3.63) is 34.7 Å². The first-order valence-electron chi connectivity index (χ1n) is 7.42. The third-order valence-electron chi connectivity index (χ3n) is 3.83.